The molecule has 0 bridgehead atoms. The summed E-state index contributed by atoms with van der Waals surface area (Å²) in [4.78, 5) is 4.71. The zero-order chi connectivity index (χ0) is 16.9. The van der Waals surface area contributed by atoms with Crippen LogP contribution in [0.1, 0.15) is 35.6 Å². The molecule has 0 unspecified atom stereocenters. The van der Waals surface area contributed by atoms with E-state index < -0.39 is 10.0 Å². The van der Waals surface area contributed by atoms with E-state index in [0.29, 0.717) is 22.6 Å². The third-order valence-corrected chi connectivity index (χ3v) is 6.50. The van der Waals surface area contributed by atoms with Gasteiger partial charge >= 0.3 is 0 Å². The van der Waals surface area contributed by atoms with Crippen LogP contribution in [-0.2, 0) is 15.9 Å². The third-order valence-electron chi connectivity index (χ3n) is 4.45. The molecule has 0 amide bonds. The second-order valence-electron chi connectivity index (χ2n) is 6.30. The number of hydrogen-bond donors (Lipinski definition) is 0. The molecule has 0 aliphatic heterocycles. The molecule has 4 nitrogen and oxygen atoms in total. The number of benzene rings is 1. The number of aromatic nitrogens is 2. The van der Waals surface area contributed by atoms with Crippen molar-refractivity contribution in [3.05, 3.63) is 59.4 Å². The van der Waals surface area contributed by atoms with Gasteiger partial charge in [0, 0.05) is 6.20 Å². The Bertz CT molecular complexity index is 1020. The van der Waals surface area contributed by atoms with Gasteiger partial charge in [-0.3, -0.25) is 4.98 Å². The molecular formula is C18H17ClN2O2S. The zero-order valence-corrected chi connectivity index (χ0v) is 14.8. The van der Waals surface area contributed by atoms with Crippen molar-refractivity contribution < 1.29 is 8.42 Å². The van der Waals surface area contributed by atoms with Gasteiger partial charge in [0.15, 0.2) is 0 Å². The molecule has 1 aromatic carbocycles. The van der Waals surface area contributed by atoms with Crippen LogP contribution in [0.25, 0.3) is 11.0 Å². The number of pyridine rings is 1. The van der Waals surface area contributed by atoms with Gasteiger partial charge in [0.05, 0.1) is 27.5 Å². The van der Waals surface area contributed by atoms with Crippen molar-refractivity contribution >= 4 is 32.7 Å². The van der Waals surface area contributed by atoms with Crippen molar-refractivity contribution in [2.45, 2.75) is 36.5 Å². The number of alkyl halides is 1. The lowest BCUT2D eigenvalue weighted by molar-refractivity contribution is 0.588. The molecule has 2 heterocycles. The van der Waals surface area contributed by atoms with Crippen LogP contribution in [-0.4, -0.2) is 17.4 Å². The summed E-state index contributed by atoms with van der Waals surface area (Å²) in [6.07, 6.45) is 4.13. The number of halogens is 1. The number of rotatable bonds is 4. The van der Waals surface area contributed by atoms with E-state index >= 15 is 0 Å². The Morgan fingerprint density at radius 2 is 1.92 bits per heavy atom. The lowest BCUT2D eigenvalue weighted by atomic mass is 10.2. The molecule has 1 aliphatic carbocycles. The fraction of sp³-hybridized carbons (Fsp3) is 0.278. The van der Waals surface area contributed by atoms with Crippen LogP contribution in [0.2, 0.25) is 0 Å². The van der Waals surface area contributed by atoms with E-state index in [9.17, 15) is 8.42 Å². The second-order valence-corrected chi connectivity index (χ2v) is 8.35. The second kappa shape index (κ2) is 5.60. The first kappa shape index (κ1) is 15.7. The fourth-order valence-corrected chi connectivity index (χ4v) is 4.75. The maximum Gasteiger partial charge on any atom is 0.268 e. The molecule has 1 fully saturated rings. The Kier molecular flexibility index (Phi) is 3.66. The van der Waals surface area contributed by atoms with Crippen LogP contribution < -0.4 is 0 Å². The number of fused-ring (bicyclic) bond motifs is 1. The standard InChI is InChI=1S/C18H17ClN2O2S/c1-12-2-6-16(7-3-12)24(22,23)21-15(10-19)9-17-18(21)8-14(11-20-17)13-4-5-13/h2-3,6-9,11,13H,4-5,10H2,1H3. The highest BCUT2D eigenvalue weighted by molar-refractivity contribution is 7.90. The van der Waals surface area contributed by atoms with Crippen LogP contribution in [0.3, 0.4) is 0 Å². The summed E-state index contributed by atoms with van der Waals surface area (Å²) in [5, 5.41) is 0. The minimum absolute atomic E-state index is 0.111. The van der Waals surface area contributed by atoms with Gasteiger partial charge in [0.1, 0.15) is 0 Å². The molecule has 2 aromatic heterocycles. The monoisotopic (exact) mass is 360 g/mol. The van der Waals surface area contributed by atoms with Gasteiger partial charge in [-0.2, -0.15) is 0 Å². The van der Waals surface area contributed by atoms with E-state index in [1.165, 1.54) is 3.97 Å². The first-order valence-electron chi connectivity index (χ1n) is 7.89. The first-order chi connectivity index (χ1) is 11.5. The van der Waals surface area contributed by atoms with Crippen LogP contribution in [0.4, 0.5) is 0 Å². The molecule has 0 N–H and O–H groups in total. The summed E-state index contributed by atoms with van der Waals surface area (Å²) in [5.74, 6) is 0.618. The Labute approximate surface area is 146 Å². The SMILES string of the molecule is Cc1ccc(S(=O)(=O)n2c(CCl)cc3ncc(C4CC4)cc32)cc1. The molecule has 4 rings (SSSR count). The van der Waals surface area contributed by atoms with Gasteiger partial charge in [0.25, 0.3) is 10.0 Å². The molecule has 6 heteroatoms. The fourth-order valence-electron chi connectivity index (χ4n) is 2.96. The molecular weight excluding hydrogens is 344 g/mol. The van der Waals surface area contributed by atoms with E-state index in [0.717, 1.165) is 24.0 Å². The average molecular weight is 361 g/mol. The highest BCUT2D eigenvalue weighted by Gasteiger charge is 2.27. The van der Waals surface area contributed by atoms with Crippen molar-refractivity contribution in [2.75, 3.05) is 0 Å². The summed E-state index contributed by atoms with van der Waals surface area (Å²) in [6.45, 7) is 1.93. The van der Waals surface area contributed by atoms with Crippen LogP contribution in [0.15, 0.2) is 47.5 Å². The maximum atomic E-state index is 13.2. The summed E-state index contributed by atoms with van der Waals surface area (Å²) < 4.78 is 27.7. The lowest BCUT2D eigenvalue weighted by Gasteiger charge is -2.11. The normalized spacial score (nSPS) is 15.1. The topological polar surface area (TPSA) is 52.0 Å². The number of hydrogen-bond acceptors (Lipinski definition) is 3. The highest BCUT2D eigenvalue weighted by atomic mass is 35.5. The van der Waals surface area contributed by atoms with Crippen molar-refractivity contribution in [1.82, 2.24) is 8.96 Å². The van der Waals surface area contributed by atoms with E-state index in [1.807, 2.05) is 19.2 Å². The molecule has 0 saturated heterocycles. The smallest absolute Gasteiger partial charge is 0.254 e. The number of nitrogens with zero attached hydrogens (tertiary/aromatic N) is 2. The first-order valence-corrected chi connectivity index (χ1v) is 9.86. The van der Waals surface area contributed by atoms with Crippen molar-refractivity contribution in [3.8, 4) is 0 Å². The molecule has 124 valence electrons. The summed E-state index contributed by atoms with van der Waals surface area (Å²) >= 11 is 6.02. The Balaban J connectivity index is 1.96. The summed E-state index contributed by atoms with van der Waals surface area (Å²) in [6, 6.07) is 10.6. The molecule has 0 radical (unpaired) electrons. The lowest BCUT2D eigenvalue weighted by Crippen LogP contribution is -2.15. The van der Waals surface area contributed by atoms with Gasteiger partial charge < -0.3 is 0 Å². The van der Waals surface area contributed by atoms with Crippen LogP contribution >= 0.6 is 11.6 Å². The summed E-state index contributed by atoms with van der Waals surface area (Å²) in [7, 11) is -3.71. The van der Waals surface area contributed by atoms with E-state index in [2.05, 4.69) is 4.98 Å². The minimum Gasteiger partial charge on any atom is -0.254 e. The van der Waals surface area contributed by atoms with Crippen molar-refractivity contribution in [2.24, 2.45) is 0 Å². The van der Waals surface area contributed by atoms with E-state index in [-0.39, 0.29) is 10.8 Å². The van der Waals surface area contributed by atoms with Crippen LogP contribution in [0.5, 0.6) is 0 Å². The van der Waals surface area contributed by atoms with Gasteiger partial charge in [-0.1, -0.05) is 17.7 Å². The van der Waals surface area contributed by atoms with Gasteiger partial charge in [-0.15, -0.1) is 11.6 Å². The van der Waals surface area contributed by atoms with Crippen molar-refractivity contribution in [1.29, 1.82) is 0 Å². The maximum absolute atomic E-state index is 13.2. The highest BCUT2D eigenvalue weighted by Crippen LogP contribution is 2.41. The predicted octanol–water partition coefficient (Wildman–Crippen LogP) is 4.20. The Morgan fingerprint density at radius 1 is 1.21 bits per heavy atom. The predicted molar refractivity (Wildman–Crippen MR) is 95.0 cm³/mol. The Morgan fingerprint density at radius 3 is 2.54 bits per heavy atom. The third kappa shape index (κ3) is 2.52. The van der Waals surface area contributed by atoms with E-state index in [1.54, 1.807) is 30.3 Å². The van der Waals surface area contributed by atoms with Gasteiger partial charge in [-0.25, -0.2) is 12.4 Å². The average Bonchev–Trinajstić information content (AvgIpc) is 3.34. The minimum atomic E-state index is -3.71. The van der Waals surface area contributed by atoms with Crippen LogP contribution in [0, 0.1) is 6.92 Å². The van der Waals surface area contributed by atoms with Crippen molar-refractivity contribution in [3.63, 3.8) is 0 Å². The Hall–Kier alpha value is -1.85. The molecule has 3 aromatic rings. The molecule has 0 atom stereocenters. The number of aryl methyl sites for hydroxylation is 1. The van der Waals surface area contributed by atoms with Gasteiger partial charge in [0.2, 0.25) is 0 Å². The molecule has 1 saturated carbocycles. The van der Waals surface area contributed by atoms with E-state index in [4.69, 9.17) is 11.6 Å². The zero-order valence-electron chi connectivity index (χ0n) is 13.2. The molecule has 1 aliphatic rings. The molecule has 0 spiro atoms. The van der Waals surface area contributed by atoms with Gasteiger partial charge in [-0.05, 0) is 55.5 Å². The molecule has 24 heavy (non-hydrogen) atoms. The summed E-state index contributed by atoms with van der Waals surface area (Å²) in [5.41, 5.74) is 3.91. The largest absolute Gasteiger partial charge is 0.268 e. The quantitative estimate of drug-likeness (QED) is 0.655.